The SMILES string of the molecule is CCCCC(=O)NC1CCN(C(=O)c2ccccc2)CC1. The standard InChI is InChI=1S/C17H24N2O2/c1-2-3-9-16(20)18-15-10-12-19(13-11-15)17(21)14-7-5-4-6-8-14/h4-8,15H,2-3,9-13H2,1H3,(H,18,20). The third-order valence-corrected chi connectivity index (χ3v) is 3.93. The van der Waals surface area contributed by atoms with Crippen molar-refractivity contribution in [1.29, 1.82) is 0 Å². The maximum absolute atomic E-state index is 12.3. The van der Waals surface area contributed by atoms with E-state index in [-0.39, 0.29) is 17.9 Å². The fraction of sp³-hybridized carbons (Fsp3) is 0.529. The van der Waals surface area contributed by atoms with Gasteiger partial charge in [0, 0.05) is 31.1 Å². The van der Waals surface area contributed by atoms with Crippen LogP contribution in [0.3, 0.4) is 0 Å². The van der Waals surface area contributed by atoms with Crippen molar-refractivity contribution in [3.8, 4) is 0 Å². The first-order chi connectivity index (χ1) is 10.2. The summed E-state index contributed by atoms with van der Waals surface area (Å²) in [6, 6.07) is 9.59. The molecule has 1 N–H and O–H groups in total. The molecule has 0 radical (unpaired) electrons. The smallest absolute Gasteiger partial charge is 0.253 e. The highest BCUT2D eigenvalue weighted by Gasteiger charge is 2.24. The molecule has 0 aromatic heterocycles. The van der Waals surface area contributed by atoms with Gasteiger partial charge < -0.3 is 10.2 Å². The van der Waals surface area contributed by atoms with Crippen molar-refractivity contribution >= 4 is 11.8 Å². The lowest BCUT2D eigenvalue weighted by atomic mass is 10.0. The number of benzene rings is 1. The highest BCUT2D eigenvalue weighted by molar-refractivity contribution is 5.94. The number of nitrogens with zero attached hydrogens (tertiary/aromatic N) is 1. The van der Waals surface area contributed by atoms with Crippen LogP contribution < -0.4 is 5.32 Å². The van der Waals surface area contributed by atoms with E-state index in [1.165, 1.54) is 0 Å². The van der Waals surface area contributed by atoms with Crippen LogP contribution in [0.4, 0.5) is 0 Å². The van der Waals surface area contributed by atoms with Gasteiger partial charge in [-0.15, -0.1) is 0 Å². The van der Waals surface area contributed by atoms with Gasteiger partial charge >= 0.3 is 0 Å². The van der Waals surface area contributed by atoms with Crippen LogP contribution in [0.25, 0.3) is 0 Å². The lowest BCUT2D eigenvalue weighted by Gasteiger charge is -2.32. The minimum Gasteiger partial charge on any atom is -0.353 e. The van der Waals surface area contributed by atoms with Crippen molar-refractivity contribution in [3.05, 3.63) is 35.9 Å². The Morgan fingerprint density at radius 1 is 1.19 bits per heavy atom. The van der Waals surface area contributed by atoms with E-state index >= 15 is 0 Å². The van der Waals surface area contributed by atoms with Gasteiger partial charge in [0.25, 0.3) is 5.91 Å². The minimum atomic E-state index is 0.0892. The first-order valence-corrected chi connectivity index (χ1v) is 7.84. The fourth-order valence-corrected chi connectivity index (χ4v) is 2.63. The molecule has 0 aliphatic carbocycles. The van der Waals surface area contributed by atoms with E-state index in [0.29, 0.717) is 19.5 Å². The van der Waals surface area contributed by atoms with Gasteiger partial charge in [-0.25, -0.2) is 0 Å². The Balaban J connectivity index is 1.78. The molecule has 2 rings (SSSR count). The van der Waals surface area contributed by atoms with Crippen LogP contribution in [-0.4, -0.2) is 35.8 Å². The second-order valence-corrected chi connectivity index (χ2v) is 5.60. The largest absolute Gasteiger partial charge is 0.353 e. The summed E-state index contributed by atoms with van der Waals surface area (Å²) in [5.74, 6) is 0.232. The number of hydrogen-bond acceptors (Lipinski definition) is 2. The molecular formula is C17H24N2O2. The monoisotopic (exact) mass is 288 g/mol. The van der Waals surface area contributed by atoms with Crippen molar-refractivity contribution in [1.82, 2.24) is 10.2 Å². The zero-order valence-electron chi connectivity index (χ0n) is 12.7. The Hall–Kier alpha value is -1.84. The van der Waals surface area contributed by atoms with E-state index in [2.05, 4.69) is 12.2 Å². The molecule has 0 saturated carbocycles. The Morgan fingerprint density at radius 3 is 2.48 bits per heavy atom. The van der Waals surface area contributed by atoms with Crippen LogP contribution in [0.1, 0.15) is 49.4 Å². The number of carbonyl (C=O) groups is 2. The molecule has 0 spiro atoms. The Bertz CT molecular complexity index is 465. The molecule has 0 unspecified atom stereocenters. The lowest BCUT2D eigenvalue weighted by molar-refractivity contribution is -0.122. The molecule has 0 atom stereocenters. The van der Waals surface area contributed by atoms with Crippen molar-refractivity contribution in [2.45, 2.75) is 45.1 Å². The summed E-state index contributed by atoms with van der Waals surface area (Å²) in [5, 5.41) is 3.08. The molecule has 1 aromatic carbocycles. The number of carbonyl (C=O) groups excluding carboxylic acids is 2. The Morgan fingerprint density at radius 2 is 1.86 bits per heavy atom. The molecule has 0 bridgehead atoms. The minimum absolute atomic E-state index is 0.0892. The van der Waals surface area contributed by atoms with E-state index in [9.17, 15) is 9.59 Å². The topological polar surface area (TPSA) is 49.4 Å². The average molecular weight is 288 g/mol. The zero-order valence-corrected chi connectivity index (χ0v) is 12.7. The molecular weight excluding hydrogens is 264 g/mol. The molecule has 1 fully saturated rings. The molecule has 2 amide bonds. The predicted molar refractivity (Wildman–Crippen MR) is 83.0 cm³/mol. The van der Waals surface area contributed by atoms with Gasteiger partial charge in [0.05, 0.1) is 0 Å². The first kappa shape index (κ1) is 15.5. The molecule has 1 aliphatic rings. The van der Waals surface area contributed by atoms with Crippen molar-refractivity contribution < 1.29 is 9.59 Å². The van der Waals surface area contributed by atoms with Crippen molar-refractivity contribution in [2.75, 3.05) is 13.1 Å². The quantitative estimate of drug-likeness (QED) is 0.905. The second-order valence-electron chi connectivity index (χ2n) is 5.60. The van der Waals surface area contributed by atoms with Gasteiger partial charge in [0.1, 0.15) is 0 Å². The van der Waals surface area contributed by atoms with Crippen LogP contribution in [0.5, 0.6) is 0 Å². The van der Waals surface area contributed by atoms with E-state index in [0.717, 1.165) is 31.2 Å². The van der Waals surface area contributed by atoms with Gasteiger partial charge in [0.15, 0.2) is 0 Å². The van der Waals surface area contributed by atoms with Crippen LogP contribution in [0.15, 0.2) is 30.3 Å². The van der Waals surface area contributed by atoms with Crippen molar-refractivity contribution in [3.63, 3.8) is 0 Å². The zero-order chi connectivity index (χ0) is 15.1. The number of unbranched alkanes of at least 4 members (excludes halogenated alkanes) is 1. The molecule has 4 heteroatoms. The van der Waals surface area contributed by atoms with Crippen LogP contribution in [0, 0.1) is 0 Å². The summed E-state index contributed by atoms with van der Waals surface area (Å²) in [6.45, 7) is 3.51. The summed E-state index contributed by atoms with van der Waals surface area (Å²) in [4.78, 5) is 25.9. The summed E-state index contributed by atoms with van der Waals surface area (Å²) in [5.41, 5.74) is 0.739. The van der Waals surface area contributed by atoms with Crippen LogP contribution >= 0.6 is 0 Å². The van der Waals surface area contributed by atoms with E-state index in [4.69, 9.17) is 0 Å². The predicted octanol–water partition coefficient (Wildman–Crippen LogP) is 2.60. The van der Waals surface area contributed by atoms with Gasteiger partial charge in [-0.2, -0.15) is 0 Å². The van der Waals surface area contributed by atoms with Crippen molar-refractivity contribution in [2.24, 2.45) is 0 Å². The maximum atomic E-state index is 12.3. The van der Waals surface area contributed by atoms with E-state index < -0.39 is 0 Å². The van der Waals surface area contributed by atoms with Gasteiger partial charge in [-0.05, 0) is 31.4 Å². The molecule has 1 heterocycles. The maximum Gasteiger partial charge on any atom is 0.253 e. The van der Waals surface area contributed by atoms with Gasteiger partial charge in [0.2, 0.25) is 5.91 Å². The molecule has 4 nitrogen and oxygen atoms in total. The van der Waals surface area contributed by atoms with Gasteiger partial charge in [-0.1, -0.05) is 31.5 Å². The fourth-order valence-electron chi connectivity index (χ4n) is 2.63. The number of hydrogen-bond donors (Lipinski definition) is 1. The number of nitrogens with one attached hydrogen (secondary N) is 1. The van der Waals surface area contributed by atoms with Gasteiger partial charge in [-0.3, -0.25) is 9.59 Å². The number of rotatable bonds is 5. The summed E-state index contributed by atoms with van der Waals surface area (Å²) >= 11 is 0. The summed E-state index contributed by atoms with van der Waals surface area (Å²) < 4.78 is 0. The highest BCUT2D eigenvalue weighted by Crippen LogP contribution is 2.14. The third kappa shape index (κ3) is 4.59. The lowest BCUT2D eigenvalue weighted by Crippen LogP contribution is -2.46. The molecule has 1 aliphatic heterocycles. The summed E-state index contributed by atoms with van der Waals surface area (Å²) in [7, 11) is 0. The number of amides is 2. The Kier molecular flexibility index (Phi) is 5.78. The third-order valence-electron chi connectivity index (χ3n) is 3.93. The molecule has 1 saturated heterocycles. The number of likely N-dealkylation sites (tertiary alicyclic amines) is 1. The van der Waals surface area contributed by atoms with E-state index in [1.807, 2.05) is 35.2 Å². The van der Waals surface area contributed by atoms with Crippen LogP contribution in [0.2, 0.25) is 0 Å². The second kappa shape index (κ2) is 7.81. The normalized spacial score (nSPS) is 15.8. The average Bonchev–Trinajstić information content (AvgIpc) is 2.54. The molecule has 21 heavy (non-hydrogen) atoms. The number of piperidine rings is 1. The molecule has 114 valence electrons. The molecule has 1 aromatic rings. The van der Waals surface area contributed by atoms with Crippen LogP contribution in [-0.2, 0) is 4.79 Å². The van der Waals surface area contributed by atoms with E-state index in [1.54, 1.807) is 0 Å². The highest BCUT2D eigenvalue weighted by atomic mass is 16.2. The summed E-state index contributed by atoms with van der Waals surface area (Å²) in [6.07, 6.45) is 4.28. The first-order valence-electron chi connectivity index (χ1n) is 7.84. The Labute approximate surface area is 126 Å².